The van der Waals surface area contributed by atoms with E-state index in [1.165, 1.54) is 36.1 Å². The van der Waals surface area contributed by atoms with Crippen LogP contribution in [0, 0.1) is 13.8 Å². The lowest BCUT2D eigenvalue weighted by molar-refractivity contribution is 0.0603. The number of halogens is 1. The van der Waals surface area contributed by atoms with Crippen molar-refractivity contribution in [2.24, 2.45) is 0 Å². The van der Waals surface area contributed by atoms with Crippen molar-refractivity contribution in [1.82, 2.24) is 4.57 Å². The van der Waals surface area contributed by atoms with Crippen LogP contribution in [-0.2, 0) is 14.8 Å². The molecule has 174 valence electrons. The zero-order chi connectivity index (χ0) is 24.6. The lowest BCUT2D eigenvalue weighted by atomic mass is 10.1. The molecule has 0 amide bonds. The first-order valence-electron chi connectivity index (χ1n) is 10.2. The molecule has 4 rings (SSSR count). The van der Waals surface area contributed by atoms with Gasteiger partial charge in [-0.25, -0.2) is 13.2 Å². The number of methoxy groups -OCH3 is 1. The quantitative estimate of drug-likeness (QED) is 0.384. The molecule has 0 fully saturated rings. The van der Waals surface area contributed by atoms with Gasteiger partial charge in [0.15, 0.2) is 0 Å². The molecule has 4 aromatic rings. The van der Waals surface area contributed by atoms with Crippen LogP contribution < -0.4 is 4.72 Å². The van der Waals surface area contributed by atoms with Gasteiger partial charge >= 0.3 is 5.97 Å². The summed E-state index contributed by atoms with van der Waals surface area (Å²) in [5.74, 6) is -1.11. The first kappa shape index (κ1) is 23.5. The summed E-state index contributed by atoms with van der Waals surface area (Å²) in [5, 5.41) is 0.517. The number of hydrogen-bond acceptors (Lipinski definition) is 5. The van der Waals surface area contributed by atoms with Gasteiger partial charge in [-0.05, 0) is 55.3 Å². The van der Waals surface area contributed by atoms with Gasteiger partial charge in [0.1, 0.15) is 4.90 Å². The fourth-order valence-corrected chi connectivity index (χ4v) is 5.30. The van der Waals surface area contributed by atoms with E-state index in [1.807, 2.05) is 19.1 Å². The Labute approximate surface area is 202 Å². The maximum atomic E-state index is 13.4. The second kappa shape index (κ2) is 8.96. The van der Waals surface area contributed by atoms with Crippen LogP contribution in [0.4, 0.5) is 5.69 Å². The number of sulfonamides is 1. The van der Waals surface area contributed by atoms with Crippen LogP contribution in [0.5, 0.6) is 0 Å². The predicted octanol–water partition coefficient (Wildman–Crippen LogP) is 5.19. The smallest absolute Gasteiger partial charge is 0.340 e. The van der Waals surface area contributed by atoms with Crippen LogP contribution in [0.2, 0.25) is 5.02 Å². The summed E-state index contributed by atoms with van der Waals surface area (Å²) in [6, 6.07) is 16.3. The number of benzene rings is 3. The van der Waals surface area contributed by atoms with Gasteiger partial charge in [0.25, 0.3) is 15.9 Å². The Kier molecular flexibility index (Phi) is 6.20. The van der Waals surface area contributed by atoms with Gasteiger partial charge in [0.2, 0.25) is 0 Å². The highest BCUT2D eigenvalue weighted by atomic mass is 35.5. The first-order valence-corrected chi connectivity index (χ1v) is 12.1. The van der Waals surface area contributed by atoms with Crippen LogP contribution in [0.3, 0.4) is 0 Å². The highest BCUT2D eigenvalue weighted by Crippen LogP contribution is 2.28. The number of nitrogens with one attached hydrogen (secondary N) is 1. The minimum atomic E-state index is -4.09. The van der Waals surface area contributed by atoms with E-state index in [2.05, 4.69) is 4.72 Å². The number of esters is 1. The number of hydrogen-bond donors (Lipinski definition) is 1. The zero-order valence-electron chi connectivity index (χ0n) is 18.6. The lowest BCUT2D eigenvalue weighted by Crippen LogP contribution is -2.17. The summed E-state index contributed by atoms with van der Waals surface area (Å²) in [7, 11) is -2.83. The maximum Gasteiger partial charge on any atom is 0.340 e. The molecule has 0 saturated carbocycles. The minimum Gasteiger partial charge on any atom is -0.465 e. The van der Waals surface area contributed by atoms with E-state index >= 15 is 0 Å². The van der Waals surface area contributed by atoms with Gasteiger partial charge in [-0.1, -0.05) is 41.9 Å². The highest BCUT2D eigenvalue weighted by molar-refractivity contribution is 7.92. The van der Waals surface area contributed by atoms with E-state index in [0.29, 0.717) is 16.6 Å². The molecule has 0 spiro atoms. The van der Waals surface area contributed by atoms with E-state index < -0.39 is 21.9 Å². The van der Waals surface area contributed by atoms with Crippen LogP contribution >= 0.6 is 11.6 Å². The number of aryl methyl sites for hydroxylation is 2. The van der Waals surface area contributed by atoms with Crippen molar-refractivity contribution >= 4 is 50.1 Å². The zero-order valence-corrected chi connectivity index (χ0v) is 20.2. The molecule has 1 N–H and O–H groups in total. The minimum absolute atomic E-state index is 0.0260. The van der Waals surface area contributed by atoms with Crippen molar-refractivity contribution in [1.29, 1.82) is 0 Å². The van der Waals surface area contributed by atoms with Crippen molar-refractivity contribution in [3.63, 3.8) is 0 Å². The van der Waals surface area contributed by atoms with Gasteiger partial charge < -0.3 is 4.74 Å². The van der Waals surface area contributed by atoms with Gasteiger partial charge in [0.05, 0.1) is 28.9 Å². The number of carbonyl (C=O) groups is 2. The van der Waals surface area contributed by atoms with E-state index in [4.69, 9.17) is 16.3 Å². The number of carbonyl (C=O) groups excluding carboxylic acids is 2. The molecule has 0 aliphatic rings. The average molecular weight is 497 g/mol. The Morgan fingerprint density at radius 2 is 1.74 bits per heavy atom. The third-order valence-corrected chi connectivity index (χ3v) is 7.29. The standard InChI is InChI=1S/C25H21ClN2O5S/c1-15-8-9-16(2)21(12-15)27-34(31,32)23-13-17(10-11-20(23)26)24(29)28-14-19(25(30)33-3)18-6-4-5-7-22(18)28/h4-14,27H,1-3H3. The van der Waals surface area contributed by atoms with Crippen molar-refractivity contribution in [3.8, 4) is 0 Å². The van der Waals surface area contributed by atoms with E-state index in [-0.39, 0.29) is 21.0 Å². The normalized spacial score (nSPS) is 11.4. The summed E-state index contributed by atoms with van der Waals surface area (Å²) in [4.78, 5) is 25.4. The Morgan fingerprint density at radius 3 is 2.47 bits per heavy atom. The van der Waals surface area contributed by atoms with Crippen molar-refractivity contribution in [3.05, 3.63) is 94.1 Å². The number of rotatable bonds is 5. The second-order valence-electron chi connectivity index (χ2n) is 7.80. The van der Waals surface area contributed by atoms with Gasteiger partial charge in [-0.15, -0.1) is 0 Å². The predicted molar refractivity (Wildman–Crippen MR) is 131 cm³/mol. The number of ether oxygens (including phenoxy) is 1. The summed E-state index contributed by atoms with van der Waals surface area (Å²) < 4.78 is 35.0. The third kappa shape index (κ3) is 4.30. The molecule has 0 atom stereocenters. The fourth-order valence-electron chi connectivity index (χ4n) is 3.65. The van der Waals surface area contributed by atoms with Crippen LogP contribution in [0.1, 0.15) is 31.8 Å². The van der Waals surface area contributed by atoms with Crippen LogP contribution in [0.25, 0.3) is 10.9 Å². The Balaban J connectivity index is 1.78. The molecule has 1 aromatic heterocycles. The average Bonchev–Trinajstić information content (AvgIpc) is 3.20. The number of nitrogens with zero attached hydrogens (tertiary/aromatic N) is 1. The summed E-state index contributed by atoms with van der Waals surface area (Å²) in [5.41, 5.74) is 2.85. The van der Waals surface area contributed by atoms with Crippen molar-refractivity contribution in [2.45, 2.75) is 18.7 Å². The molecule has 3 aromatic carbocycles. The molecule has 9 heteroatoms. The SMILES string of the molecule is COC(=O)c1cn(C(=O)c2ccc(Cl)c(S(=O)(=O)Nc3cc(C)ccc3C)c2)c2ccccc12. The van der Waals surface area contributed by atoms with Gasteiger partial charge in [-0.3, -0.25) is 14.1 Å². The topological polar surface area (TPSA) is 94.5 Å². The van der Waals surface area contributed by atoms with Gasteiger partial charge in [0, 0.05) is 17.1 Å². The summed E-state index contributed by atoms with van der Waals surface area (Å²) in [6.07, 6.45) is 1.38. The van der Waals surface area contributed by atoms with Crippen LogP contribution in [0.15, 0.2) is 71.8 Å². The van der Waals surface area contributed by atoms with Crippen LogP contribution in [-0.4, -0.2) is 32.0 Å². The Morgan fingerprint density at radius 1 is 1.00 bits per heavy atom. The monoisotopic (exact) mass is 496 g/mol. The largest absolute Gasteiger partial charge is 0.465 e. The van der Waals surface area contributed by atoms with E-state index in [0.717, 1.165) is 11.1 Å². The number of fused-ring (bicyclic) bond motifs is 1. The molecule has 34 heavy (non-hydrogen) atoms. The van der Waals surface area contributed by atoms with E-state index in [9.17, 15) is 18.0 Å². The first-order chi connectivity index (χ1) is 16.1. The summed E-state index contributed by atoms with van der Waals surface area (Å²) >= 11 is 6.23. The molecule has 1 heterocycles. The van der Waals surface area contributed by atoms with Crippen molar-refractivity contribution < 1.29 is 22.7 Å². The van der Waals surface area contributed by atoms with Gasteiger partial charge in [-0.2, -0.15) is 0 Å². The maximum absolute atomic E-state index is 13.4. The van der Waals surface area contributed by atoms with E-state index in [1.54, 1.807) is 37.3 Å². The summed E-state index contributed by atoms with van der Waals surface area (Å²) in [6.45, 7) is 3.64. The molecule has 0 aliphatic carbocycles. The lowest BCUT2D eigenvalue weighted by Gasteiger charge is -2.13. The molecule has 0 radical (unpaired) electrons. The molecule has 0 bridgehead atoms. The third-order valence-electron chi connectivity index (χ3n) is 5.44. The molecule has 0 unspecified atom stereocenters. The molecule has 0 aliphatic heterocycles. The number of aromatic nitrogens is 1. The molecule has 7 nitrogen and oxygen atoms in total. The van der Waals surface area contributed by atoms with Crippen molar-refractivity contribution in [2.75, 3.05) is 11.8 Å². The Hall–Kier alpha value is -3.62. The molecular weight excluding hydrogens is 476 g/mol. The Bertz CT molecular complexity index is 1560. The molecular formula is C25H21ClN2O5S. The second-order valence-corrected chi connectivity index (χ2v) is 9.85. The highest BCUT2D eigenvalue weighted by Gasteiger charge is 2.24. The number of para-hydroxylation sites is 1. The molecule has 0 saturated heterocycles. The number of anilines is 1. The fraction of sp³-hybridized carbons (Fsp3) is 0.120.